The van der Waals surface area contributed by atoms with Gasteiger partial charge < -0.3 is 5.32 Å². The Morgan fingerprint density at radius 2 is 2.07 bits per heavy atom. The van der Waals surface area contributed by atoms with Crippen molar-refractivity contribution in [2.45, 2.75) is 45.1 Å². The number of nitrogens with zero attached hydrogens (tertiary/aromatic N) is 3. The zero-order valence-corrected chi connectivity index (χ0v) is 17.0. The highest BCUT2D eigenvalue weighted by Crippen LogP contribution is 2.33. The van der Waals surface area contributed by atoms with E-state index in [9.17, 15) is 13.6 Å². The van der Waals surface area contributed by atoms with E-state index in [0.29, 0.717) is 11.3 Å². The first-order valence-corrected chi connectivity index (χ1v) is 9.91. The first kappa shape index (κ1) is 19.0. The lowest BCUT2D eigenvalue weighted by Gasteiger charge is -2.18. The number of fused-ring (bicyclic) bond motifs is 2. The molecule has 1 atom stereocenters. The lowest BCUT2D eigenvalue weighted by Crippen LogP contribution is -2.29. The van der Waals surface area contributed by atoms with E-state index in [4.69, 9.17) is 0 Å². The number of carbonyl (C=O) groups excluding carboxylic acids is 1. The number of aryl methyl sites for hydroxylation is 1. The number of hydrogen-bond donors (Lipinski definition) is 1. The molecule has 2 heterocycles. The summed E-state index contributed by atoms with van der Waals surface area (Å²) in [4.78, 5) is 17.3. The van der Waals surface area contributed by atoms with Crippen LogP contribution in [0.25, 0.3) is 5.65 Å². The molecule has 0 bridgehead atoms. The predicted molar refractivity (Wildman–Crippen MR) is 105 cm³/mol. The third kappa shape index (κ3) is 3.09. The van der Waals surface area contributed by atoms with Crippen molar-refractivity contribution < 1.29 is 13.6 Å². The molecular weight excluding hydrogens is 430 g/mol. The molecule has 146 valence electrons. The van der Waals surface area contributed by atoms with Crippen LogP contribution in [0.15, 0.2) is 34.9 Å². The minimum atomic E-state index is -2.73. The Labute approximate surface area is 169 Å². The van der Waals surface area contributed by atoms with Gasteiger partial charge in [0.2, 0.25) is 0 Å². The van der Waals surface area contributed by atoms with Gasteiger partial charge in [-0.15, -0.1) is 0 Å². The van der Waals surface area contributed by atoms with Crippen LogP contribution in [0.3, 0.4) is 0 Å². The van der Waals surface area contributed by atoms with Crippen molar-refractivity contribution in [1.29, 1.82) is 0 Å². The summed E-state index contributed by atoms with van der Waals surface area (Å²) in [5.74, 6) is -0.385. The van der Waals surface area contributed by atoms with Crippen molar-refractivity contribution in [3.8, 4) is 0 Å². The molecule has 0 unspecified atom stereocenters. The standard InChI is InChI=1S/C20H19BrF2N4O/c1-10(2)17-13(9-24-19-15(21)16(18(22)23)26-27(17)19)20(28)25-14-8-7-11-5-3-4-6-12(11)14/h3-6,9-10,14,18H,7-8H2,1-2H3,(H,25,28)/t14-/m0/s1. The summed E-state index contributed by atoms with van der Waals surface area (Å²) in [6.07, 6.45) is 0.464. The lowest BCUT2D eigenvalue weighted by atomic mass is 10.0. The maximum atomic E-state index is 13.3. The fourth-order valence-corrected chi connectivity index (χ4v) is 4.33. The smallest absolute Gasteiger partial charge is 0.283 e. The Balaban J connectivity index is 1.74. The summed E-state index contributed by atoms with van der Waals surface area (Å²) in [6, 6.07) is 7.98. The highest BCUT2D eigenvalue weighted by Gasteiger charge is 2.28. The second kappa shape index (κ2) is 7.24. The lowest BCUT2D eigenvalue weighted by molar-refractivity contribution is 0.0934. The van der Waals surface area contributed by atoms with Gasteiger partial charge >= 0.3 is 0 Å². The molecule has 1 N–H and O–H groups in total. The zero-order valence-electron chi connectivity index (χ0n) is 15.4. The number of nitrogens with one attached hydrogen (secondary N) is 1. The fourth-order valence-electron chi connectivity index (χ4n) is 3.80. The van der Waals surface area contributed by atoms with Gasteiger partial charge in [-0.25, -0.2) is 18.3 Å². The maximum Gasteiger partial charge on any atom is 0.283 e. The quantitative estimate of drug-likeness (QED) is 0.612. The fraction of sp³-hybridized carbons (Fsp3) is 0.350. The third-order valence-corrected chi connectivity index (χ3v) is 5.85. The van der Waals surface area contributed by atoms with E-state index in [1.807, 2.05) is 32.0 Å². The van der Waals surface area contributed by atoms with Crippen molar-refractivity contribution in [2.75, 3.05) is 0 Å². The van der Waals surface area contributed by atoms with E-state index in [0.717, 1.165) is 18.4 Å². The molecule has 0 saturated carbocycles. The Morgan fingerprint density at radius 1 is 1.32 bits per heavy atom. The van der Waals surface area contributed by atoms with Gasteiger partial charge in [0.1, 0.15) is 5.69 Å². The third-order valence-electron chi connectivity index (χ3n) is 5.09. The number of amides is 1. The van der Waals surface area contributed by atoms with Gasteiger partial charge in [0, 0.05) is 6.20 Å². The van der Waals surface area contributed by atoms with E-state index in [-0.39, 0.29) is 33.7 Å². The number of halogens is 3. The molecule has 5 nitrogen and oxygen atoms in total. The van der Waals surface area contributed by atoms with Crippen LogP contribution in [-0.2, 0) is 6.42 Å². The van der Waals surface area contributed by atoms with Crippen LogP contribution in [0.1, 0.15) is 71.5 Å². The summed E-state index contributed by atoms with van der Waals surface area (Å²) in [5, 5.41) is 7.10. The van der Waals surface area contributed by atoms with Gasteiger partial charge in [-0.05, 0) is 45.8 Å². The number of carbonyl (C=O) groups is 1. The van der Waals surface area contributed by atoms with Crippen LogP contribution in [0.2, 0.25) is 0 Å². The van der Waals surface area contributed by atoms with Crippen molar-refractivity contribution in [3.63, 3.8) is 0 Å². The summed E-state index contributed by atoms with van der Waals surface area (Å²) in [6.45, 7) is 3.79. The second-order valence-electron chi connectivity index (χ2n) is 7.21. The number of hydrogen-bond acceptors (Lipinski definition) is 3. The molecule has 2 aromatic heterocycles. The molecule has 0 aliphatic heterocycles. The normalized spacial score (nSPS) is 16.2. The highest BCUT2D eigenvalue weighted by molar-refractivity contribution is 9.10. The Kier molecular flexibility index (Phi) is 4.91. The Morgan fingerprint density at radius 3 is 2.79 bits per heavy atom. The molecule has 0 spiro atoms. The molecule has 1 aliphatic rings. The van der Waals surface area contributed by atoms with Crippen LogP contribution >= 0.6 is 15.9 Å². The van der Waals surface area contributed by atoms with Crippen molar-refractivity contribution in [3.05, 3.63) is 63.0 Å². The molecule has 0 radical (unpaired) electrons. The number of rotatable bonds is 4. The molecule has 4 rings (SSSR count). The Hall–Kier alpha value is -2.35. The topological polar surface area (TPSA) is 59.3 Å². The van der Waals surface area contributed by atoms with Crippen LogP contribution < -0.4 is 5.32 Å². The van der Waals surface area contributed by atoms with Crippen molar-refractivity contribution in [1.82, 2.24) is 19.9 Å². The van der Waals surface area contributed by atoms with Gasteiger partial charge in [0.25, 0.3) is 12.3 Å². The molecule has 1 aromatic carbocycles. The van der Waals surface area contributed by atoms with Gasteiger partial charge in [-0.2, -0.15) is 5.10 Å². The minimum absolute atomic E-state index is 0.0691. The van der Waals surface area contributed by atoms with Gasteiger partial charge in [-0.1, -0.05) is 38.1 Å². The molecular formula is C20H19BrF2N4O. The zero-order chi connectivity index (χ0) is 20.0. The molecule has 28 heavy (non-hydrogen) atoms. The predicted octanol–water partition coefficient (Wildman–Crippen LogP) is 4.97. The van der Waals surface area contributed by atoms with Crippen LogP contribution in [-0.4, -0.2) is 20.5 Å². The van der Waals surface area contributed by atoms with Crippen molar-refractivity contribution >= 4 is 27.5 Å². The Bertz CT molecular complexity index is 1060. The maximum absolute atomic E-state index is 13.3. The monoisotopic (exact) mass is 448 g/mol. The van der Waals surface area contributed by atoms with Crippen LogP contribution in [0, 0.1) is 0 Å². The number of alkyl halides is 2. The SMILES string of the molecule is CC(C)c1c(C(=O)N[C@H]2CCc3ccccc32)cnc2c(Br)c(C(F)F)nn12. The number of aromatic nitrogens is 3. The number of benzene rings is 1. The minimum Gasteiger partial charge on any atom is -0.345 e. The summed E-state index contributed by atoms with van der Waals surface area (Å²) >= 11 is 3.16. The largest absolute Gasteiger partial charge is 0.345 e. The van der Waals surface area contributed by atoms with Gasteiger partial charge in [0.05, 0.1) is 21.8 Å². The molecule has 3 aromatic rings. The second-order valence-corrected chi connectivity index (χ2v) is 8.00. The first-order chi connectivity index (χ1) is 13.4. The van der Waals surface area contributed by atoms with E-state index < -0.39 is 6.43 Å². The first-order valence-electron chi connectivity index (χ1n) is 9.12. The van der Waals surface area contributed by atoms with E-state index in [1.54, 1.807) is 0 Å². The summed E-state index contributed by atoms with van der Waals surface area (Å²) < 4.78 is 28.0. The van der Waals surface area contributed by atoms with Crippen LogP contribution in [0.5, 0.6) is 0 Å². The average Bonchev–Trinajstić information content (AvgIpc) is 3.22. The molecule has 8 heteroatoms. The highest BCUT2D eigenvalue weighted by atomic mass is 79.9. The van der Waals surface area contributed by atoms with E-state index >= 15 is 0 Å². The van der Waals surface area contributed by atoms with Crippen LogP contribution in [0.4, 0.5) is 8.78 Å². The van der Waals surface area contributed by atoms with Gasteiger partial charge in [0.15, 0.2) is 5.65 Å². The summed E-state index contributed by atoms with van der Waals surface area (Å²) in [5.41, 5.74) is 3.17. The van der Waals surface area contributed by atoms with E-state index in [1.165, 1.54) is 16.3 Å². The molecule has 1 amide bonds. The average molecular weight is 449 g/mol. The summed E-state index contributed by atoms with van der Waals surface area (Å²) in [7, 11) is 0. The van der Waals surface area contributed by atoms with E-state index in [2.05, 4.69) is 37.4 Å². The molecule has 0 fully saturated rings. The molecule has 1 aliphatic carbocycles. The molecule has 0 saturated heterocycles. The van der Waals surface area contributed by atoms with Crippen molar-refractivity contribution in [2.24, 2.45) is 0 Å². The van der Waals surface area contributed by atoms with Gasteiger partial charge in [-0.3, -0.25) is 4.79 Å².